The monoisotopic (exact) mass is 449 g/mol. The second kappa shape index (κ2) is 6.80. The molecule has 0 radical (unpaired) electrons. The quantitative estimate of drug-likeness (QED) is 0.540. The summed E-state index contributed by atoms with van der Waals surface area (Å²) in [5.41, 5.74) is 5.76. The van der Waals surface area contributed by atoms with Gasteiger partial charge in [0.05, 0.1) is 6.10 Å². The minimum atomic E-state index is -0.837. The number of aliphatic hydroxyl groups is 1. The molecule has 4 aliphatic carbocycles. The Hall–Kier alpha value is -2.44. The standard InChI is InChI=1S/C27H31NO5/c1-15-11-19-20-8-10-26(23(31)14-32-18-5-3-16(28)4-6-18)27(20,33-26)13-22(30)24(19)25(2)9-7-17(29)12-21(15)25/h3-7,9,12,15,19-20,22,24,30H,8,10-11,13-14,28H2,1-2H3/t15-,19-,20?,22-,24?,25-,26-,27+/m0/s1. The molecule has 6 heteroatoms. The van der Waals surface area contributed by atoms with E-state index in [4.69, 9.17) is 15.2 Å². The predicted octanol–water partition coefficient (Wildman–Crippen LogP) is 3.24. The van der Waals surface area contributed by atoms with Crippen LogP contribution in [0.1, 0.15) is 39.5 Å². The van der Waals surface area contributed by atoms with Crippen LogP contribution >= 0.6 is 0 Å². The molecular formula is C27H31NO5. The first-order chi connectivity index (χ1) is 15.7. The Bertz CT molecular complexity index is 1090. The fraction of sp³-hybridized carbons (Fsp3) is 0.556. The van der Waals surface area contributed by atoms with Gasteiger partial charge in [-0.1, -0.05) is 25.5 Å². The fourth-order valence-corrected chi connectivity index (χ4v) is 8.04. The molecule has 1 aromatic carbocycles. The molecule has 4 fully saturated rings. The minimum absolute atomic E-state index is 0.0288. The third-order valence-corrected chi connectivity index (χ3v) is 9.37. The lowest BCUT2D eigenvalue weighted by atomic mass is 9.48. The number of carbonyl (C=O) groups excluding carboxylic acids is 2. The Morgan fingerprint density at radius 1 is 1.30 bits per heavy atom. The van der Waals surface area contributed by atoms with E-state index in [1.54, 1.807) is 36.4 Å². The van der Waals surface area contributed by atoms with Crippen LogP contribution in [0, 0.1) is 29.1 Å². The van der Waals surface area contributed by atoms with Gasteiger partial charge in [0.25, 0.3) is 0 Å². The summed E-state index contributed by atoms with van der Waals surface area (Å²) in [4.78, 5) is 25.4. The third-order valence-electron chi connectivity index (χ3n) is 9.37. The van der Waals surface area contributed by atoms with E-state index in [-0.39, 0.29) is 47.3 Å². The highest BCUT2D eigenvalue weighted by Gasteiger charge is 2.83. The van der Waals surface area contributed by atoms with Crippen molar-refractivity contribution in [1.29, 1.82) is 0 Å². The molecule has 2 unspecified atom stereocenters. The van der Waals surface area contributed by atoms with E-state index in [9.17, 15) is 14.7 Å². The molecular weight excluding hydrogens is 418 g/mol. The summed E-state index contributed by atoms with van der Waals surface area (Å²) in [5.74, 6) is 1.37. The van der Waals surface area contributed by atoms with Crippen LogP contribution in [-0.4, -0.2) is 40.6 Å². The second-order valence-electron chi connectivity index (χ2n) is 11.0. The molecule has 3 N–H and O–H groups in total. The Kier molecular flexibility index (Phi) is 4.35. The molecule has 1 aliphatic heterocycles. The largest absolute Gasteiger partial charge is 0.486 e. The summed E-state index contributed by atoms with van der Waals surface area (Å²) < 4.78 is 12.1. The van der Waals surface area contributed by atoms with Gasteiger partial charge >= 0.3 is 0 Å². The van der Waals surface area contributed by atoms with Crippen LogP contribution in [0.2, 0.25) is 0 Å². The summed E-state index contributed by atoms with van der Waals surface area (Å²) in [6, 6.07) is 7.01. The predicted molar refractivity (Wildman–Crippen MR) is 122 cm³/mol. The van der Waals surface area contributed by atoms with E-state index in [0.29, 0.717) is 24.3 Å². The number of hydrogen-bond acceptors (Lipinski definition) is 6. The molecule has 6 nitrogen and oxygen atoms in total. The molecule has 1 spiro atoms. The maximum absolute atomic E-state index is 13.3. The molecule has 0 amide bonds. The van der Waals surface area contributed by atoms with Gasteiger partial charge < -0.3 is 20.3 Å². The van der Waals surface area contributed by atoms with Gasteiger partial charge in [-0.15, -0.1) is 0 Å². The number of aliphatic hydroxyl groups excluding tert-OH is 1. The van der Waals surface area contributed by atoms with Crippen LogP contribution in [-0.2, 0) is 14.3 Å². The van der Waals surface area contributed by atoms with E-state index < -0.39 is 17.3 Å². The van der Waals surface area contributed by atoms with Crippen LogP contribution in [0.15, 0.2) is 48.1 Å². The van der Waals surface area contributed by atoms with Crippen molar-refractivity contribution in [2.45, 2.75) is 56.8 Å². The molecule has 0 aromatic heterocycles. The minimum Gasteiger partial charge on any atom is -0.486 e. The van der Waals surface area contributed by atoms with E-state index in [1.807, 2.05) is 6.08 Å². The molecule has 5 aliphatic rings. The summed E-state index contributed by atoms with van der Waals surface area (Å²) >= 11 is 0. The van der Waals surface area contributed by atoms with Gasteiger partial charge in [-0.2, -0.15) is 0 Å². The third kappa shape index (κ3) is 2.74. The zero-order valence-electron chi connectivity index (χ0n) is 19.1. The average Bonchev–Trinajstić information content (AvgIpc) is 3.30. The lowest BCUT2D eigenvalue weighted by Crippen LogP contribution is -2.57. The number of allylic oxidation sites excluding steroid dienone is 4. The van der Waals surface area contributed by atoms with Crippen molar-refractivity contribution in [1.82, 2.24) is 0 Å². The van der Waals surface area contributed by atoms with Crippen molar-refractivity contribution in [3.8, 4) is 5.75 Å². The van der Waals surface area contributed by atoms with Gasteiger partial charge in [-0.25, -0.2) is 0 Å². The molecule has 174 valence electrons. The zero-order valence-corrected chi connectivity index (χ0v) is 19.1. The molecule has 8 atom stereocenters. The van der Waals surface area contributed by atoms with Crippen LogP contribution < -0.4 is 10.5 Å². The summed E-state index contributed by atoms with van der Waals surface area (Å²) in [6.45, 7) is 4.30. The number of carbonyl (C=O) groups is 2. The van der Waals surface area contributed by atoms with Gasteiger partial charge in [0.1, 0.15) is 18.0 Å². The highest BCUT2D eigenvalue weighted by molar-refractivity contribution is 6.01. The molecule has 1 saturated heterocycles. The molecule has 6 rings (SSSR count). The number of nitrogen functional groups attached to an aromatic ring is 1. The number of benzene rings is 1. The maximum atomic E-state index is 13.3. The number of anilines is 1. The molecule has 0 bridgehead atoms. The van der Waals surface area contributed by atoms with Crippen molar-refractivity contribution in [2.24, 2.45) is 29.1 Å². The number of ketones is 2. The topological polar surface area (TPSA) is 102 Å². The number of epoxide rings is 1. The maximum Gasteiger partial charge on any atom is 0.204 e. The average molecular weight is 450 g/mol. The van der Waals surface area contributed by atoms with Crippen LogP contribution in [0.25, 0.3) is 0 Å². The highest BCUT2D eigenvalue weighted by Crippen LogP contribution is 2.73. The van der Waals surface area contributed by atoms with Crippen molar-refractivity contribution >= 4 is 17.3 Å². The van der Waals surface area contributed by atoms with E-state index in [0.717, 1.165) is 18.4 Å². The van der Waals surface area contributed by atoms with Crippen LogP contribution in [0.3, 0.4) is 0 Å². The first-order valence-corrected chi connectivity index (χ1v) is 12.1. The Labute approximate surface area is 193 Å². The SMILES string of the molecule is C[C@H]1C[C@@H]2C([C@@H](O)C[C@]34O[C@]3(C(=O)COc3ccc(N)cc3)CCC24)[C@@]2(C)C=CC(=O)C=C12. The lowest BCUT2D eigenvalue weighted by Gasteiger charge is -2.57. The summed E-state index contributed by atoms with van der Waals surface area (Å²) in [6.07, 6.45) is 7.84. The van der Waals surface area contributed by atoms with Crippen LogP contribution in [0.4, 0.5) is 5.69 Å². The second-order valence-corrected chi connectivity index (χ2v) is 11.0. The van der Waals surface area contributed by atoms with Gasteiger partial charge in [-0.05, 0) is 73.4 Å². The summed E-state index contributed by atoms with van der Waals surface area (Å²) in [7, 11) is 0. The number of rotatable bonds is 4. The first-order valence-electron chi connectivity index (χ1n) is 12.1. The molecule has 1 aromatic rings. The fourth-order valence-electron chi connectivity index (χ4n) is 8.04. The van der Waals surface area contributed by atoms with Crippen molar-refractivity contribution in [3.63, 3.8) is 0 Å². The van der Waals surface area contributed by atoms with Gasteiger partial charge in [0, 0.05) is 23.4 Å². The number of Topliss-reactive ketones (excluding diaryl/α,β-unsaturated/α-hetero) is 1. The Morgan fingerprint density at radius 3 is 2.82 bits per heavy atom. The van der Waals surface area contributed by atoms with Crippen molar-refractivity contribution < 1.29 is 24.2 Å². The Morgan fingerprint density at radius 2 is 2.06 bits per heavy atom. The molecule has 1 heterocycles. The normalized spacial score (nSPS) is 44.8. The lowest BCUT2D eigenvalue weighted by molar-refractivity contribution is -0.126. The molecule has 3 saturated carbocycles. The summed E-state index contributed by atoms with van der Waals surface area (Å²) in [5, 5.41) is 11.4. The Balaban J connectivity index is 1.25. The van der Waals surface area contributed by atoms with E-state index in [1.165, 1.54) is 0 Å². The van der Waals surface area contributed by atoms with E-state index in [2.05, 4.69) is 13.8 Å². The van der Waals surface area contributed by atoms with Gasteiger partial charge in [0.2, 0.25) is 5.78 Å². The van der Waals surface area contributed by atoms with E-state index >= 15 is 0 Å². The van der Waals surface area contributed by atoms with Gasteiger partial charge in [0.15, 0.2) is 11.4 Å². The smallest absolute Gasteiger partial charge is 0.204 e. The van der Waals surface area contributed by atoms with Crippen molar-refractivity contribution in [2.75, 3.05) is 12.3 Å². The number of ether oxygens (including phenoxy) is 2. The number of nitrogens with two attached hydrogens (primary N) is 1. The molecule has 33 heavy (non-hydrogen) atoms. The zero-order chi connectivity index (χ0) is 23.2. The highest BCUT2D eigenvalue weighted by atomic mass is 16.6. The number of fused-ring (bicyclic) bond motifs is 4. The van der Waals surface area contributed by atoms with Crippen LogP contribution in [0.5, 0.6) is 5.75 Å². The number of hydrogen-bond donors (Lipinski definition) is 2. The van der Waals surface area contributed by atoms with Gasteiger partial charge in [-0.3, -0.25) is 9.59 Å². The first kappa shape index (κ1) is 21.1. The van der Waals surface area contributed by atoms with Crippen molar-refractivity contribution in [3.05, 3.63) is 48.1 Å².